The van der Waals surface area contributed by atoms with Gasteiger partial charge in [0.25, 0.3) is 5.56 Å². The Morgan fingerprint density at radius 3 is 2.70 bits per heavy atom. The molecule has 170 valence electrons. The lowest BCUT2D eigenvalue weighted by molar-refractivity contribution is 0.739. The van der Waals surface area contributed by atoms with Crippen LogP contribution in [0.2, 0.25) is 5.02 Å². The summed E-state index contributed by atoms with van der Waals surface area (Å²) >= 11 is 12.4. The molecule has 0 saturated heterocycles. The van der Waals surface area contributed by atoms with Crippen molar-refractivity contribution in [3.63, 3.8) is 0 Å². The maximum absolute atomic E-state index is 13.7. The first-order valence-corrected chi connectivity index (χ1v) is 10.8. The quantitative estimate of drug-likeness (QED) is 0.350. The van der Waals surface area contributed by atoms with E-state index in [4.69, 9.17) is 39.7 Å². The van der Waals surface area contributed by atoms with Crippen molar-refractivity contribution in [3.05, 3.63) is 62.7 Å². The first kappa shape index (κ1) is 24.0. The number of alkyl halides is 1. The second-order valence-corrected chi connectivity index (χ2v) is 7.87. The highest BCUT2D eigenvalue weighted by molar-refractivity contribution is 6.35. The van der Waals surface area contributed by atoms with E-state index in [-0.39, 0.29) is 34.6 Å². The third-order valence-corrected chi connectivity index (χ3v) is 5.36. The van der Waals surface area contributed by atoms with Gasteiger partial charge in [-0.2, -0.15) is 15.2 Å². The minimum atomic E-state index is -0.606. The third-order valence-electron chi connectivity index (χ3n) is 4.89. The van der Waals surface area contributed by atoms with Crippen molar-refractivity contribution < 1.29 is 0 Å². The average Bonchev–Trinajstić information content (AvgIpc) is 2.75. The van der Waals surface area contributed by atoms with Crippen LogP contribution in [0, 0.1) is 18.3 Å². The van der Waals surface area contributed by atoms with Crippen molar-refractivity contribution in [2.24, 2.45) is 0 Å². The van der Waals surface area contributed by atoms with Crippen LogP contribution in [0.4, 0.5) is 17.6 Å². The molecule has 0 bridgehead atoms. The molecule has 9 nitrogen and oxygen atoms in total. The number of allylic oxidation sites excluding steroid dienone is 4. The van der Waals surface area contributed by atoms with Gasteiger partial charge in [-0.25, -0.2) is 4.98 Å². The van der Waals surface area contributed by atoms with E-state index in [1.807, 2.05) is 19.9 Å². The van der Waals surface area contributed by atoms with Crippen molar-refractivity contribution in [2.75, 3.05) is 22.7 Å². The predicted octanol–water partition coefficient (Wildman–Crippen LogP) is 4.01. The molecular formula is C22H22Cl2N8O. The molecule has 1 unspecified atom stereocenters. The third kappa shape index (κ3) is 4.62. The van der Waals surface area contributed by atoms with E-state index in [1.54, 1.807) is 37.3 Å². The second kappa shape index (κ2) is 9.90. The van der Waals surface area contributed by atoms with Crippen LogP contribution < -0.4 is 22.3 Å². The molecule has 3 aromatic rings. The molecule has 0 aliphatic heterocycles. The zero-order valence-corrected chi connectivity index (χ0v) is 19.7. The Balaban J connectivity index is 2.33. The fraction of sp³-hybridized carbons (Fsp3) is 0.227. The van der Waals surface area contributed by atoms with Crippen molar-refractivity contribution in [1.82, 2.24) is 19.5 Å². The van der Waals surface area contributed by atoms with Crippen LogP contribution in [0.25, 0.3) is 16.6 Å². The molecule has 1 atom stereocenters. The Bertz CT molecular complexity index is 1390. The number of nitriles is 1. The number of halogens is 2. The number of rotatable bonds is 6. The Kier molecular flexibility index (Phi) is 7.21. The lowest BCUT2D eigenvalue weighted by Gasteiger charge is -2.22. The van der Waals surface area contributed by atoms with Crippen LogP contribution in [0.15, 0.2) is 35.2 Å². The fourth-order valence-electron chi connectivity index (χ4n) is 3.40. The number of anilines is 3. The van der Waals surface area contributed by atoms with Crippen LogP contribution in [-0.4, -0.2) is 25.4 Å². The second-order valence-electron chi connectivity index (χ2n) is 7.15. The van der Waals surface area contributed by atoms with Gasteiger partial charge in [0.15, 0.2) is 5.82 Å². The fourth-order valence-corrected chi connectivity index (χ4v) is 3.79. The van der Waals surface area contributed by atoms with Crippen LogP contribution in [0.3, 0.4) is 0 Å². The summed E-state index contributed by atoms with van der Waals surface area (Å²) in [4.78, 5) is 26.4. The molecule has 2 aromatic heterocycles. The minimum Gasteiger partial charge on any atom is -0.382 e. The number of nitrogens with zero attached hydrogens (tertiary/aromatic N) is 5. The summed E-state index contributed by atoms with van der Waals surface area (Å²) in [6.07, 6.45) is 5.23. The first-order chi connectivity index (χ1) is 15.7. The van der Waals surface area contributed by atoms with Gasteiger partial charge in [-0.3, -0.25) is 9.36 Å². The summed E-state index contributed by atoms with van der Waals surface area (Å²) in [5.41, 5.74) is 13.0. The number of aryl methyl sites for hydroxylation is 1. The Hall–Kier alpha value is -3.61. The maximum atomic E-state index is 13.7. The molecule has 0 radical (unpaired) electrons. The Labute approximate surface area is 200 Å². The number of hydrogen-bond acceptors (Lipinski definition) is 8. The Morgan fingerprint density at radius 2 is 2.06 bits per heavy atom. The highest BCUT2D eigenvalue weighted by Gasteiger charge is 2.22. The molecule has 5 N–H and O–H groups in total. The maximum Gasteiger partial charge on any atom is 0.267 e. The number of aromatic nitrogens is 4. The summed E-state index contributed by atoms with van der Waals surface area (Å²) in [5.74, 6) is 0.511. The van der Waals surface area contributed by atoms with Gasteiger partial charge in [0.05, 0.1) is 22.0 Å². The van der Waals surface area contributed by atoms with Crippen LogP contribution in [0.1, 0.15) is 36.8 Å². The zero-order valence-electron chi connectivity index (χ0n) is 18.2. The smallest absolute Gasteiger partial charge is 0.267 e. The standard InChI is InChI=1S/C22H22Cl2N8O/c1-4-5-13(8-9-23)32-20(29-17-11(2)6-7-15(24)16(17)21(32)33)12(3)28-19-14(10-25)18(26)30-22(27)31-19/h4-8,12H,9H2,1-3H3,(H5,26,27,28,30,31)/b5-4-,13-8+. The zero-order chi connectivity index (χ0) is 24.3. The van der Waals surface area contributed by atoms with Crippen molar-refractivity contribution in [3.8, 4) is 6.07 Å². The number of nitrogens with two attached hydrogens (primary N) is 2. The van der Waals surface area contributed by atoms with Crippen LogP contribution in [0.5, 0.6) is 0 Å². The van der Waals surface area contributed by atoms with Gasteiger partial charge in [0.1, 0.15) is 23.3 Å². The molecule has 0 amide bonds. The molecule has 0 fully saturated rings. The van der Waals surface area contributed by atoms with Crippen LogP contribution in [-0.2, 0) is 0 Å². The van der Waals surface area contributed by atoms with Crippen molar-refractivity contribution in [2.45, 2.75) is 26.8 Å². The van der Waals surface area contributed by atoms with Gasteiger partial charge >= 0.3 is 0 Å². The molecule has 0 aliphatic rings. The predicted molar refractivity (Wildman–Crippen MR) is 133 cm³/mol. The van der Waals surface area contributed by atoms with E-state index in [0.717, 1.165) is 5.56 Å². The monoisotopic (exact) mass is 484 g/mol. The van der Waals surface area contributed by atoms with E-state index in [9.17, 15) is 10.1 Å². The van der Waals surface area contributed by atoms with E-state index in [2.05, 4.69) is 15.3 Å². The van der Waals surface area contributed by atoms with Gasteiger partial charge < -0.3 is 16.8 Å². The molecular weight excluding hydrogens is 463 g/mol. The van der Waals surface area contributed by atoms with Crippen LogP contribution >= 0.6 is 23.2 Å². The van der Waals surface area contributed by atoms with Crippen molar-refractivity contribution in [1.29, 1.82) is 5.26 Å². The SMILES string of the molecule is C/C=C\C(=C/CCl)n1c(C(C)Nc2nc(N)nc(N)c2C#N)nc2c(C)ccc(Cl)c2c1=O. The lowest BCUT2D eigenvalue weighted by Crippen LogP contribution is -2.28. The Morgan fingerprint density at radius 1 is 1.33 bits per heavy atom. The average molecular weight is 485 g/mol. The number of benzene rings is 1. The molecule has 0 spiro atoms. The summed E-state index contributed by atoms with van der Waals surface area (Å²) in [7, 11) is 0. The molecule has 0 aliphatic carbocycles. The number of nitrogen functional groups attached to an aromatic ring is 2. The highest BCUT2D eigenvalue weighted by Crippen LogP contribution is 2.28. The van der Waals surface area contributed by atoms with Crippen molar-refractivity contribution >= 4 is 57.4 Å². The molecule has 33 heavy (non-hydrogen) atoms. The van der Waals surface area contributed by atoms with E-state index in [0.29, 0.717) is 27.4 Å². The van der Waals surface area contributed by atoms with E-state index < -0.39 is 6.04 Å². The summed E-state index contributed by atoms with van der Waals surface area (Å²) in [6.45, 7) is 5.44. The molecule has 0 saturated carbocycles. The van der Waals surface area contributed by atoms with Gasteiger partial charge in [0, 0.05) is 11.6 Å². The molecule has 2 heterocycles. The normalized spacial score (nSPS) is 12.8. The van der Waals surface area contributed by atoms with E-state index >= 15 is 0 Å². The summed E-state index contributed by atoms with van der Waals surface area (Å²) in [6, 6.07) is 4.83. The molecule has 3 rings (SSSR count). The first-order valence-electron chi connectivity index (χ1n) is 9.94. The van der Waals surface area contributed by atoms with Gasteiger partial charge in [-0.15, -0.1) is 11.6 Å². The van der Waals surface area contributed by atoms with Gasteiger partial charge in [-0.1, -0.05) is 23.7 Å². The minimum absolute atomic E-state index is 0.0370. The highest BCUT2D eigenvalue weighted by atomic mass is 35.5. The summed E-state index contributed by atoms with van der Waals surface area (Å²) < 4.78 is 1.44. The van der Waals surface area contributed by atoms with Gasteiger partial charge in [0.2, 0.25) is 5.95 Å². The number of fused-ring (bicyclic) bond motifs is 1. The molecule has 11 heteroatoms. The largest absolute Gasteiger partial charge is 0.382 e. The van der Waals surface area contributed by atoms with E-state index in [1.165, 1.54) is 4.57 Å². The number of nitrogens with one attached hydrogen (secondary N) is 1. The molecule has 1 aromatic carbocycles. The lowest BCUT2D eigenvalue weighted by atomic mass is 10.1. The number of hydrogen-bond donors (Lipinski definition) is 3. The topological polar surface area (TPSA) is 149 Å². The van der Waals surface area contributed by atoms with Gasteiger partial charge in [-0.05, 0) is 44.6 Å². The summed E-state index contributed by atoms with van der Waals surface area (Å²) in [5, 5.41) is 13.2.